The summed E-state index contributed by atoms with van der Waals surface area (Å²) in [5, 5.41) is 9.61. The Morgan fingerprint density at radius 2 is 2.17 bits per heavy atom. The van der Waals surface area contributed by atoms with Gasteiger partial charge in [-0.15, -0.1) is 0 Å². The number of ketones is 1. The number of halogens is 2. The predicted octanol–water partition coefficient (Wildman–Crippen LogP) is 2.85. The number of aromatic hydroxyl groups is 1. The zero-order valence-electron chi connectivity index (χ0n) is 6.27. The molecule has 0 fully saturated rings. The Balaban J connectivity index is 3.36. The number of carbonyl (C=O) groups is 1. The van der Waals surface area contributed by atoms with Crippen molar-refractivity contribution >= 4 is 40.0 Å². The van der Waals surface area contributed by atoms with Crippen LogP contribution in [0, 0.1) is 3.57 Å². The SMILES string of the molecule is CC(=O)c1ccc(Cl)c(O)c1I. The van der Waals surface area contributed by atoms with Gasteiger partial charge in [-0.1, -0.05) is 11.6 Å². The van der Waals surface area contributed by atoms with E-state index in [2.05, 4.69) is 0 Å². The second-order valence-electron chi connectivity index (χ2n) is 2.31. The van der Waals surface area contributed by atoms with E-state index in [1.165, 1.54) is 13.0 Å². The summed E-state index contributed by atoms with van der Waals surface area (Å²) in [5.74, 6) is -0.101. The molecule has 0 aromatic heterocycles. The molecule has 0 aliphatic carbocycles. The highest BCUT2D eigenvalue weighted by molar-refractivity contribution is 14.1. The fourth-order valence-electron chi connectivity index (χ4n) is 0.813. The van der Waals surface area contributed by atoms with Crippen LogP contribution in [-0.2, 0) is 0 Å². The monoisotopic (exact) mass is 296 g/mol. The first kappa shape index (κ1) is 9.80. The molecule has 2 nitrogen and oxygen atoms in total. The molecular weight excluding hydrogens is 290 g/mol. The molecule has 64 valence electrons. The van der Waals surface area contributed by atoms with E-state index in [0.717, 1.165) is 0 Å². The largest absolute Gasteiger partial charge is 0.505 e. The Labute approximate surface area is 88.7 Å². The first-order chi connectivity index (χ1) is 5.54. The predicted molar refractivity (Wildman–Crippen MR) is 55.8 cm³/mol. The van der Waals surface area contributed by atoms with Crippen molar-refractivity contribution in [2.24, 2.45) is 0 Å². The molecule has 0 atom stereocenters. The highest BCUT2D eigenvalue weighted by Crippen LogP contribution is 2.31. The quantitative estimate of drug-likeness (QED) is 0.639. The molecule has 4 heteroatoms. The van der Waals surface area contributed by atoms with E-state index in [4.69, 9.17) is 11.6 Å². The molecule has 1 aromatic rings. The van der Waals surface area contributed by atoms with Gasteiger partial charge in [0, 0.05) is 5.56 Å². The topological polar surface area (TPSA) is 37.3 Å². The average molecular weight is 296 g/mol. The van der Waals surface area contributed by atoms with Gasteiger partial charge in [-0.2, -0.15) is 0 Å². The highest BCUT2D eigenvalue weighted by atomic mass is 127. The van der Waals surface area contributed by atoms with Crippen LogP contribution in [0.4, 0.5) is 0 Å². The number of hydrogen-bond acceptors (Lipinski definition) is 2. The maximum atomic E-state index is 11.0. The van der Waals surface area contributed by atoms with Crippen LogP contribution in [0.2, 0.25) is 5.02 Å². The van der Waals surface area contributed by atoms with Gasteiger partial charge in [0.1, 0.15) is 5.75 Å². The van der Waals surface area contributed by atoms with Crippen LogP contribution >= 0.6 is 34.2 Å². The molecule has 0 saturated carbocycles. The van der Waals surface area contributed by atoms with E-state index in [-0.39, 0.29) is 16.6 Å². The number of benzene rings is 1. The van der Waals surface area contributed by atoms with Crippen LogP contribution in [0.1, 0.15) is 17.3 Å². The summed E-state index contributed by atoms with van der Waals surface area (Å²) in [7, 11) is 0. The average Bonchev–Trinajstić information content (AvgIpc) is 2.00. The standard InChI is InChI=1S/C8H6ClIO2/c1-4(11)5-2-3-6(9)8(12)7(5)10/h2-3,12H,1H3. The molecule has 0 aliphatic heterocycles. The molecule has 0 spiro atoms. The van der Waals surface area contributed by atoms with E-state index >= 15 is 0 Å². The number of phenols is 1. The minimum atomic E-state index is -0.0774. The van der Waals surface area contributed by atoms with Crippen molar-refractivity contribution in [1.82, 2.24) is 0 Å². The van der Waals surface area contributed by atoms with Crippen molar-refractivity contribution in [1.29, 1.82) is 0 Å². The Morgan fingerprint density at radius 1 is 1.58 bits per heavy atom. The first-order valence-electron chi connectivity index (χ1n) is 3.22. The third kappa shape index (κ3) is 1.72. The molecule has 1 aromatic carbocycles. The molecule has 1 N–H and O–H groups in total. The molecule has 1 rings (SSSR count). The van der Waals surface area contributed by atoms with Crippen molar-refractivity contribution in [3.05, 3.63) is 26.3 Å². The number of rotatable bonds is 1. The Kier molecular flexibility index (Phi) is 2.95. The third-order valence-electron chi connectivity index (χ3n) is 1.45. The zero-order valence-corrected chi connectivity index (χ0v) is 9.18. The van der Waals surface area contributed by atoms with E-state index in [1.807, 2.05) is 22.6 Å². The van der Waals surface area contributed by atoms with Crippen molar-refractivity contribution in [3.8, 4) is 5.75 Å². The minimum Gasteiger partial charge on any atom is -0.505 e. The summed E-state index contributed by atoms with van der Waals surface area (Å²) in [5.41, 5.74) is 0.498. The Hall–Kier alpha value is -0.290. The van der Waals surface area contributed by atoms with Gasteiger partial charge in [-0.25, -0.2) is 0 Å². The van der Waals surface area contributed by atoms with Gasteiger partial charge in [0.25, 0.3) is 0 Å². The highest BCUT2D eigenvalue weighted by Gasteiger charge is 2.11. The summed E-state index contributed by atoms with van der Waals surface area (Å²) < 4.78 is 0.507. The smallest absolute Gasteiger partial charge is 0.161 e. The molecule has 0 bridgehead atoms. The summed E-state index contributed by atoms with van der Waals surface area (Å²) in [6.07, 6.45) is 0. The maximum Gasteiger partial charge on any atom is 0.161 e. The molecule has 0 radical (unpaired) electrons. The zero-order chi connectivity index (χ0) is 9.30. The molecule has 0 aliphatic rings. The summed E-state index contributed by atoms with van der Waals surface area (Å²) in [6.45, 7) is 1.45. The molecule has 0 amide bonds. The summed E-state index contributed by atoms with van der Waals surface area (Å²) in [6, 6.07) is 3.11. The third-order valence-corrected chi connectivity index (χ3v) is 2.84. The van der Waals surface area contributed by atoms with Crippen LogP contribution in [0.3, 0.4) is 0 Å². The van der Waals surface area contributed by atoms with Crippen molar-refractivity contribution < 1.29 is 9.90 Å². The second-order valence-corrected chi connectivity index (χ2v) is 3.80. The van der Waals surface area contributed by atoms with Crippen LogP contribution < -0.4 is 0 Å². The van der Waals surface area contributed by atoms with Crippen molar-refractivity contribution in [2.75, 3.05) is 0 Å². The fourth-order valence-corrected chi connectivity index (χ4v) is 1.98. The normalized spacial score (nSPS) is 9.92. The van der Waals surface area contributed by atoms with Crippen LogP contribution in [0.5, 0.6) is 5.75 Å². The lowest BCUT2D eigenvalue weighted by Gasteiger charge is -2.03. The Morgan fingerprint density at radius 3 is 2.67 bits per heavy atom. The van der Waals surface area contributed by atoms with E-state index in [0.29, 0.717) is 9.13 Å². The van der Waals surface area contributed by atoms with E-state index in [9.17, 15) is 9.90 Å². The maximum absolute atomic E-state index is 11.0. The molecule has 12 heavy (non-hydrogen) atoms. The van der Waals surface area contributed by atoms with Gasteiger partial charge in [-0.3, -0.25) is 4.79 Å². The number of hydrogen-bond donors (Lipinski definition) is 1. The summed E-state index contributed by atoms with van der Waals surface area (Å²) in [4.78, 5) is 11.0. The van der Waals surface area contributed by atoms with Gasteiger partial charge >= 0.3 is 0 Å². The van der Waals surface area contributed by atoms with Crippen LogP contribution in [0.25, 0.3) is 0 Å². The number of phenolic OH excluding ortho intramolecular Hbond substituents is 1. The molecule has 0 unspecified atom stereocenters. The summed E-state index contributed by atoms with van der Waals surface area (Å²) >= 11 is 7.52. The van der Waals surface area contributed by atoms with E-state index < -0.39 is 0 Å². The van der Waals surface area contributed by atoms with E-state index in [1.54, 1.807) is 6.07 Å². The van der Waals surface area contributed by atoms with Crippen LogP contribution in [0.15, 0.2) is 12.1 Å². The lowest BCUT2D eigenvalue weighted by atomic mass is 10.1. The molecule has 0 heterocycles. The van der Waals surface area contributed by atoms with Gasteiger partial charge in [0.2, 0.25) is 0 Å². The van der Waals surface area contributed by atoms with Crippen LogP contribution in [-0.4, -0.2) is 10.9 Å². The van der Waals surface area contributed by atoms with Gasteiger partial charge < -0.3 is 5.11 Å². The molecular formula is C8H6ClIO2. The van der Waals surface area contributed by atoms with Crippen molar-refractivity contribution in [2.45, 2.75) is 6.92 Å². The lowest BCUT2D eigenvalue weighted by Crippen LogP contribution is -1.95. The van der Waals surface area contributed by atoms with Crippen molar-refractivity contribution in [3.63, 3.8) is 0 Å². The second kappa shape index (κ2) is 3.62. The Bertz CT molecular complexity index is 336. The first-order valence-corrected chi connectivity index (χ1v) is 4.67. The number of carbonyl (C=O) groups excluding carboxylic acids is 1. The van der Waals surface area contributed by atoms with Gasteiger partial charge in [0.15, 0.2) is 5.78 Å². The molecule has 0 saturated heterocycles. The fraction of sp³-hybridized carbons (Fsp3) is 0.125. The lowest BCUT2D eigenvalue weighted by molar-refractivity contribution is 0.101. The number of Topliss-reactive ketones (excluding diaryl/α,β-unsaturated/α-hetero) is 1. The minimum absolute atomic E-state index is 0.0232. The van der Waals surface area contributed by atoms with Gasteiger partial charge in [-0.05, 0) is 41.6 Å². The van der Waals surface area contributed by atoms with Gasteiger partial charge in [0.05, 0.1) is 8.59 Å².